The van der Waals surface area contributed by atoms with Gasteiger partial charge >= 0.3 is 0 Å². The largest absolute Gasteiger partial charge is 0.438 e. The number of furan rings is 1. The summed E-state index contributed by atoms with van der Waals surface area (Å²) in [5, 5.41) is 6.78. The molecule has 0 saturated heterocycles. The van der Waals surface area contributed by atoms with Crippen molar-refractivity contribution in [2.45, 2.75) is 0 Å². The van der Waals surface area contributed by atoms with Crippen molar-refractivity contribution in [3.63, 3.8) is 0 Å². The standard InChI is InChI=1S/C46H28N4O/c1-2-11-31(12-3-1)43-48-44(50-45(49-43)34-24-19-29-10-4-5-13-33(29)28-34)32-22-20-30(21-23-32)35-25-26-38(37-15-7-6-14-36(35)37)39-16-8-18-41-42(39)40-17-9-27-47-46(40)51-41/h1-28H. The molecule has 0 aliphatic carbocycles. The third-order valence-electron chi connectivity index (χ3n) is 9.62. The van der Waals surface area contributed by atoms with E-state index in [4.69, 9.17) is 19.4 Å². The number of hydrogen-bond donors (Lipinski definition) is 0. The van der Waals surface area contributed by atoms with E-state index in [0.717, 1.165) is 60.7 Å². The molecule has 0 unspecified atom stereocenters. The Hall–Kier alpha value is -6.98. The van der Waals surface area contributed by atoms with Crippen LogP contribution >= 0.6 is 0 Å². The Labute approximate surface area is 293 Å². The Morgan fingerprint density at radius 3 is 1.78 bits per heavy atom. The van der Waals surface area contributed by atoms with E-state index in [1.54, 1.807) is 6.20 Å². The van der Waals surface area contributed by atoms with Crippen LogP contribution < -0.4 is 0 Å². The van der Waals surface area contributed by atoms with Gasteiger partial charge in [0.1, 0.15) is 5.58 Å². The Bertz CT molecular complexity index is 2910. The summed E-state index contributed by atoms with van der Waals surface area (Å²) in [5.41, 5.74) is 8.87. The predicted molar refractivity (Wildman–Crippen MR) is 207 cm³/mol. The summed E-state index contributed by atoms with van der Waals surface area (Å²) in [6, 6.07) is 56.7. The van der Waals surface area contributed by atoms with E-state index in [2.05, 4.69) is 126 Å². The fourth-order valence-electron chi connectivity index (χ4n) is 7.15. The lowest BCUT2D eigenvalue weighted by molar-refractivity contribution is 0.654. The van der Waals surface area contributed by atoms with Crippen LogP contribution in [0.25, 0.3) is 100 Å². The number of aromatic nitrogens is 4. The van der Waals surface area contributed by atoms with Crippen molar-refractivity contribution >= 4 is 43.6 Å². The van der Waals surface area contributed by atoms with Gasteiger partial charge in [-0.1, -0.05) is 140 Å². The summed E-state index contributed by atoms with van der Waals surface area (Å²) >= 11 is 0. The number of fused-ring (bicyclic) bond motifs is 5. The number of hydrogen-bond acceptors (Lipinski definition) is 5. The normalized spacial score (nSPS) is 11.5. The molecule has 51 heavy (non-hydrogen) atoms. The lowest BCUT2D eigenvalue weighted by atomic mass is 9.90. The molecule has 0 spiro atoms. The summed E-state index contributed by atoms with van der Waals surface area (Å²) in [5.74, 6) is 1.92. The number of rotatable bonds is 5. The van der Waals surface area contributed by atoms with Gasteiger partial charge in [0.2, 0.25) is 5.71 Å². The van der Waals surface area contributed by atoms with Gasteiger partial charge < -0.3 is 4.42 Å². The van der Waals surface area contributed by atoms with E-state index in [1.807, 2.05) is 42.5 Å². The maximum atomic E-state index is 6.12. The molecule has 3 heterocycles. The number of benzene rings is 7. The number of nitrogens with zero attached hydrogens (tertiary/aromatic N) is 4. The van der Waals surface area contributed by atoms with Crippen LogP contribution in [0.2, 0.25) is 0 Å². The molecule has 7 aromatic carbocycles. The van der Waals surface area contributed by atoms with E-state index in [9.17, 15) is 0 Å². The first-order valence-corrected chi connectivity index (χ1v) is 17.0. The second-order valence-corrected chi connectivity index (χ2v) is 12.7. The molecule has 5 heteroatoms. The monoisotopic (exact) mass is 652 g/mol. The Balaban J connectivity index is 1.07. The summed E-state index contributed by atoms with van der Waals surface area (Å²) < 4.78 is 6.12. The van der Waals surface area contributed by atoms with Crippen LogP contribution in [0, 0.1) is 0 Å². The second-order valence-electron chi connectivity index (χ2n) is 12.7. The minimum absolute atomic E-state index is 0.633. The molecule has 0 aliphatic heterocycles. The van der Waals surface area contributed by atoms with Gasteiger partial charge in [-0.3, -0.25) is 0 Å². The van der Waals surface area contributed by atoms with E-state index < -0.39 is 0 Å². The fraction of sp³-hybridized carbons (Fsp3) is 0. The summed E-state index contributed by atoms with van der Waals surface area (Å²) in [4.78, 5) is 19.4. The molecule has 0 N–H and O–H groups in total. The van der Waals surface area contributed by atoms with E-state index in [1.165, 1.54) is 16.2 Å². The van der Waals surface area contributed by atoms with Crippen LogP contribution in [0.1, 0.15) is 0 Å². The zero-order valence-corrected chi connectivity index (χ0v) is 27.4. The van der Waals surface area contributed by atoms with Crippen molar-refractivity contribution in [1.29, 1.82) is 0 Å². The van der Waals surface area contributed by atoms with Crippen molar-refractivity contribution in [3.8, 4) is 56.4 Å². The first-order chi connectivity index (χ1) is 25.3. The smallest absolute Gasteiger partial charge is 0.227 e. The van der Waals surface area contributed by atoms with Crippen LogP contribution in [0.15, 0.2) is 174 Å². The highest BCUT2D eigenvalue weighted by Gasteiger charge is 2.17. The molecule has 0 atom stereocenters. The van der Waals surface area contributed by atoms with Gasteiger partial charge in [-0.2, -0.15) is 0 Å². The zero-order chi connectivity index (χ0) is 33.7. The van der Waals surface area contributed by atoms with Crippen LogP contribution in [0.3, 0.4) is 0 Å². The fourth-order valence-corrected chi connectivity index (χ4v) is 7.15. The van der Waals surface area contributed by atoms with Gasteiger partial charge in [-0.25, -0.2) is 19.9 Å². The number of pyridine rings is 1. The Kier molecular flexibility index (Phi) is 6.74. The molecule has 0 aliphatic rings. The molecule has 0 amide bonds. The minimum Gasteiger partial charge on any atom is -0.438 e. The maximum Gasteiger partial charge on any atom is 0.227 e. The molecule has 238 valence electrons. The van der Waals surface area contributed by atoms with Gasteiger partial charge in [0.25, 0.3) is 0 Å². The molecular weight excluding hydrogens is 625 g/mol. The van der Waals surface area contributed by atoms with Crippen molar-refractivity contribution in [1.82, 2.24) is 19.9 Å². The van der Waals surface area contributed by atoms with Crippen LogP contribution in [0.4, 0.5) is 0 Å². The molecule has 10 aromatic rings. The zero-order valence-electron chi connectivity index (χ0n) is 27.4. The lowest BCUT2D eigenvalue weighted by Crippen LogP contribution is -2.00. The topological polar surface area (TPSA) is 64.7 Å². The Morgan fingerprint density at radius 2 is 0.980 bits per heavy atom. The maximum absolute atomic E-state index is 6.12. The third-order valence-corrected chi connectivity index (χ3v) is 9.62. The van der Waals surface area contributed by atoms with Crippen molar-refractivity contribution < 1.29 is 4.42 Å². The van der Waals surface area contributed by atoms with Gasteiger partial charge in [0.05, 0.1) is 0 Å². The van der Waals surface area contributed by atoms with Crippen molar-refractivity contribution in [2.75, 3.05) is 0 Å². The molecule has 0 radical (unpaired) electrons. The molecular formula is C46H28N4O. The molecule has 0 fully saturated rings. The molecule has 10 rings (SSSR count). The predicted octanol–water partition coefficient (Wildman–Crippen LogP) is 11.8. The first-order valence-electron chi connectivity index (χ1n) is 17.0. The SMILES string of the molecule is c1ccc(-c2nc(-c3ccc(-c4ccc(-c5cccc6oc7ncccc7c56)c5ccccc45)cc3)nc(-c3ccc4ccccc4c3)n2)cc1. The highest BCUT2D eigenvalue weighted by Crippen LogP contribution is 2.41. The summed E-state index contributed by atoms with van der Waals surface area (Å²) in [6.07, 6.45) is 1.77. The molecule has 0 bridgehead atoms. The second kappa shape index (κ2) is 11.9. The summed E-state index contributed by atoms with van der Waals surface area (Å²) in [6.45, 7) is 0. The van der Waals surface area contributed by atoms with Gasteiger partial charge in [-0.05, 0) is 68.1 Å². The average molecular weight is 653 g/mol. The van der Waals surface area contributed by atoms with E-state index >= 15 is 0 Å². The van der Waals surface area contributed by atoms with Gasteiger partial charge in [0, 0.05) is 33.7 Å². The van der Waals surface area contributed by atoms with E-state index in [-0.39, 0.29) is 0 Å². The highest BCUT2D eigenvalue weighted by molar-refractivity contribution is 6.16. The van der Waals surface area contributed by atoms with E-state index in [0.29, 0.717) is 23.2 Å². The molecule has 0 saturated carbocycles. The molecule has 3 aromatic heterocycles. The van der Waals surface area contributed by atoms with Crippen molar-refractivity contribution in [3.05, 3.63) is 170 Å². The minimum atomic E-state index is 0.633. The van der Waals surface area contributed by atoms with Crippen LogP contribution in [-0.2, 0) is 0 Å². The first kappa shape index (κ1) is 29.0. The van der Waals surface area contributed by atoms with Gasteiger partial charge in [0.15, 0.2) is 17.5 Å². The molecule has 5 nitrogen and oxygen atoms in total. The highest BCUT2D eigenvalue weighted by atomic mass is 16.3. The van der Waals surface area contributed by atoms with Crippen LogP contribution in [0.5, 0.6) is 0 Å². The quantitative estimate of drug-likeness (QED) is 0.185. The lowest BCUT2D eigenvalue weighted by Gasteiger charge is -2.13. The van der Waals surface area contributed by atoms with Gasteiger partial charge in [-0.15, -0.1) is 0 Å². The Morgan fingerprint density at radius 1 is 0.373 bits per heavy atom. The van der Waals surface area contributed by atoms with Crippen LogP contribution in [-0.4, -0.2) is 19.9 Å². The third kappa shape index (κ3) is 5.03. The summed E-state index contributed by atoms with van der Waals surface area (Å²) in [7, 11) is 0. The van der Waals surface area contributed by atoms with Crippen molar-refractivity contribution in [2.24, 2.45) is 0 Å². The average Bonchev–Trinajstić information content (AvgIpc) is 3.60.